The number of carbonyl (C=O) groups excluding carboxylic acids is 2. The maximum Gasteiger partial charge on any atom is 0.245 e. The molecule has 1 aromatic carbocycles. The van der Waals surface area contributed by atoms with Crippen LogP contribution in [0.5, 0.6) is 11.5 Å². The summed E-state index contributed by atoms with van der Waals surface area (Å²) in [4.78, 5) is 23.7. The van der Waals surface area contributed by atoms with Crippen molar-refractivity contribution in [2.24, 2.45) is 0 Å². The van der Waals surface area contributed by atoms with E-state index in [2.05, 4.69) is 15.8 Å². The summed E-state index contributed by atoms with van der Waals surface area (Å²) in [7, 11) is 0. The molecular weight excluding hydrogens is 314 g/mol. The van der Waals surface area contributed by atoms with E-state index in [1.165, 1.54) is 0 Å². The predicted octanol–water partition coefficient (Wildman–Crippen LogP) is 1.05. The molecule has 0 unspecified atom stereocenters. The number of hydrogen-bond donors (Lipinski definition) is 2. The molecule has 2 amide bonds. The van der Waals surface area contributed by atoms with E-state index in [9.17, 15) is 9.59 Å². The van der Waals surface area contributed by atoms with Crippen molar-refractivity contribution in [1.82, 2.24) is 10.5 Å². The number of nitrogens with one attached hydrogen (secondary N) is 2. The van der Waals surface area contributed by atoms with Crippen molar-refractivity contribution in [3.05, 3.63) is 35.6 Å². The van der Waals surface area contributed by atoms with Gasteiger partial charge in [0.15, 0.2) is 17.3 Å². The van der Waals surface area contributed by atoms with Crippen LogP contribution in [0.15, 0.2) is 28.8 Å². The van der Waals surface area contributed by atoms with E-state index in [1.807, 2.05) is 0 Å². The van der Waals surface area contributed by atoms with Gasteiger partial charge in [0, 0.05) is 6.07 Å². The molecule has 3 rings (SSSR count). The molecule has 0 fully saturated rings. The molecule has 0 spiro atoms. The molecule has 0 aliphatic carbocycles. The van der Waals surface area contributed by atoms with Gasteiger partial charge in [-0.15, -0.1) is 0 Å². The largest absolute Gasteiger partial charge is 0.486 e. The lowest BCUT2D eigenvalue weighted by Gasteiger charge is -2.18. The molecule has 8 nitrogen and oxygen atoms in total. The summed E-state index contributed by atoms with van der Waals surface area (Å²) in [5, 5.41) is 8.73. The first-order valence-corrected chi connectivity index (χ1v) is 7.48. The molecule has 0 saturated carbocycles. The van der Waals surface area contributed by atoms with Crippen LogP contribution in [0.25, 0.3) is 0 Å². The second kappa shape index (κ2) is 7.03. The Kier molecular flexibility index (Phi) is 4.64. The van der Waals surface area contributed by atoms with Crippen LogP contribution in [0.4, 0.5) is 5.82 Å². The number of carbonyl (C=O) groups is 2. The number of aromatic nitrogens is 1. The third-order valence-corrected chi connectivity index (χ3v) is 3.31. The first-order chi connectivity index (χ1) is 11.6. The average Bonchev–Trinajstić information content (AvgIpc) is 2.98. The highest BCUT2D eigenvalue weighted by Gasteiger charge is 2.14. The Hall–Kier alpha value is -3.03. The normalized spacial score (nSPS) is 12.5. The number of nitrogens with zero attached hydrogens (tertiary/aromatic N) is 1. The number of aryl methyl sites for hydroxylation is 1. The minimum Gasteiger partial charge on any atom is -0.486 e. The summed E-state index contributed by atoms with van der Waals surface area (Å²) >= 11 is 0. The fourth-order valence-electron chi connectivity index (χ4n) is 2.24. The van der Waals surface area contributed by atoms with Gasteiger partial charge in [0.2, 0.25) is 11.8 Å². The van der Waals surface area contributed by atoms with Crippen LogP contribution in [0, 0.1) is 6.92 Å². The van der Waals surface area contributed by atoms with Crippen molar-refractivity contribution in [2.45, 2.75) is 13.3 Å². The van der Waals surface area contributed by atoms with Crippen LogP contribution in [-0.4, -0.2) is 36.7 Å². The second-order valence-electron chi connectivity index (χ2n) is 5.30. The lowest BCUT2D eigenvalue weighted by molar-refractivity contribution is -0.123. The van der Waals surface area contributed by atoms with Gasteiger partial charge in [-0.25, -0.2) is 0 Å². The predicted molar refractivity (Wildman–Crippen MR) is 84.0 cm³/mol. The van der Waals surface area contributed by atoms with Crippen LogP contribution >= 0.6 is 0 Å². The number of benzene rings is 1. The van der Waals surface area contributed by atoms with E-state index in [0.717, 1.165) is 5.56 Å². The number of hydrogen-bond acceptors (Lipinski definition) is 6. The maximum absolute atomic E-state index is 11.9. The summed E-state index contributed by atoms with van der Waals surface area (Å²) in [5.41, 5.74) is 0.782. The summed E-state index contributed by atoms with van der Waals surface area (Å²) < 4.78 is 15.7. The summed E-state index contributed by atoms with van der Waals surface area (Å²) in [6.45, 7) is 2.59. The van der Waals surface area contributed by atoms with Gasteiger partial charge in [0.1, 0.15) is 19.0 Å². The SMILES string of the molecule is Cc1cc(NC(=O)CNC(=O)Cc2ccc3c(c2)OCCO3)no1. The number of anilines is 1. The molecule has 0 bridgehead atoms. The van der Waals surface area contributed by atoms with Gasteiger partial charge in [0.05, 0.1) is 13.0 Å². The molecule has 1 aromatic heterocycles. The molecule has 1 aliphatic rings. The van der Waals surface area contributed by atoms with Crippen molar-refractivity contribution in [1.29, 1.82) is 0 Å². The van der Waals surface area contributed by atoms with Crippen molar-refractivity contribution in [3.63, 3.8) is 0 Å². The Morgan fingerprint density at radius 1 is 1.12 bits per heavy atom. The van der Waals surface area contributed by atoms with E-state index in [-0.39, 0.29) is 24.8 Å². The van der Waals surface area contributed by atoms with Gasteiger partial charge in [-0.2, -0.15) is 0 Å². The maximum atomic E-state index is 11.9. The zero-order valence-corrected chi connectivity index (χ0v) is 13.1. The van der Waals surface area contributed by atoms with Gasteiger partial charge in [-0.3, -0.25) is 9.59 Å². The van der Waals surface area contributed by atoms with E-state index in [1.54, 1.807) is 31.2 Å². The molecule has 2 aromatic rings. The van der Waals surface area contributed by atoms with Crippen LogP contribution in [0.2, 0.25) is 0 Å². The van der Waals surface area contributed by atoms with E-state index >= 15 is 0 Å². The zero-order chi connectivity index (χ0) is 16.9. The molecule has 126 valence electrons. The monoisotopic (exact) mass is 331 g/mol. The number of fused-ring (bicyclic) bond motifs is 1. The van der Waals surface area contributed by atoms with Gasteiger partial charge < -0.3 is 24.6 Å². The van der Waals surface area contributed by atoms with Gasteiger partial charge in [-0.1, -0.05) is 11.2 Å². The molecule has 2 heterocycles. The standard InChI is InChI=1S/C16H17N3O5/c1-10-6-14(19-24-10)18-16(21)9-17-15(20)8-11-2-3-12-13(7-11)23-5-4-22-12/h2-3,6-7H,4-5,8-9H2,1H3,(H,17,20)(H,18,19,21). The van der Waals surface area contributed by atoms with Gasteiger partial charge >= 0.3 is 0 Å². The Morgan fingerprint density at radius 3 is 2.67 bits per heavy atom. The number of amides is 2. The highest BCUT2D eigenvalue weighted by atomic mass is 16.6. The third-order valence-electron chi connectivity index (χ3n) is 3.31. The molecule has 24 heavy (non-hydrogen) atoms. The third kappa shape index (κ3) is 4.03. The van der Waals surface area contributed by atoms with E-state index in [4.69, 9.17) is 14.0 Å². The van der Waals surface area contributed by atoms with Crippen molar-refractivity contribution < 1.29 is 23.6 Å². The smallest absolute Gasteiger partial charge is 0.245 e. The fourth-order valence-corrected chi connectivity index (χ4v) is 2.24. The van der Waals surface area contributed by atoms with Gasteiger partial charge in [0.25, 0.3) is 0 Å². The second-order valence-corrected chi connectivity index (χ2v) is 5.30. The molecule has 0 radical (unpaired) electrons. The quantitative estimate of drug-likeness (QED) is 0.849. The Bertz CT molecular complexity index is 756. The Labute approximate surface area is 138 Å². The molecule has 2 N–H and O–H groups in total. The van der Waals surface area contributed by atoms with Crippen molar-refractivity contribution >= 4 is 17.6 Å². The van der Waals surface area contributed by atoms with Crippen LogP contribution in [0.3, 0.4) is 0 Å². The van der Waals surface area contributed by atoms with Crippen LogP contribution < -0.4 is 20.1 Å². The lowest BCUT2D eigenvalue weighted by Crippen LogP contribution is -2.33. The molecule has 0 atom stereocenters. The van der Waals surface area contributed by atoms with E-state index in [0.29, 0.717) is 36.3 Å². The minimum atomic E-state index is -0.376. The van der Waals surface area contributed by atoms with Crippen LogP contribution in [-0.2, 0) is 16.0 Å². The molecule has 1 aliphatic heterocycles. The fraction of sp³-hybridized carbons (Fsp3) is 0.312. The minimum absolute atomic E-state index is 0.144. The molecule has 8 heteroatoms. The Balaban J connectivity index is 1.48. The summed E-state index contributed by atoms with van der Waals surface area (Å²) in [5.74, 6) is 1.57. The first kappa shape index (κ1) is 15.9. The van der Waals surface area contributed by atoms with Crippen molar-refractivity contribution in [3.8, 4) is 11.5 Å². The molecular formula is C16H17N3O5. The lowest BCUT2D eigenvalue weighted by atomic mass is 10.1. The topological polar surface area (TPSA) is 103 Å². The highest BCUT2D eigenvalue weighted by Crippen LogP contribution is 2.30. The highest BCUT2D eigenvalue weighted by molar-refractivity contribution is 5.94. The first-order valence-electron chi connectivity index (χ1n) is 7.48. The number of rotatable bonds is 5. The zero-order valence-electron chi connectivity index (χ0n) is 13.1. The summed E-state index contributed by atoms with van der Waals surface area (Å²) in [6, 6.07) is 6.93. The van der Waals surface area contributed by atoms with Crippen molar-refractivity contribution in [2.75, 3.05) is 25.1 Å². The van der Waals surface area contributed by atoms with Gasteiger partial charge in [-0.05, 0) is 24.6 Å². The number of ether oxygens (including phenoxy) is 2. The average molecular weight is 331 g/mol. The summed E-state index contributed by atoms with van der Waals surface area (Å²) in [6.07, 6.45) is 0.146. The van der Waals surface area contributed by atoms with Crippen LogP contribution in [0.1, 0.15) is 11.3 Å². The van der Waals surface area contributed by atoms with E-state index < -0.39 is 0 Å². The Morgan fingerprint density at radius 2 is 1.92 bits per heavy atom. The molecule has 0 saturated heterocycles.